The van der Waals surface area contributed by atoms with Gasteiger partial charge in [0.1, 0.15) is 0 Å². The van der Waals surface area contributed by atoms with E-state index in [4.69, 9.17) is 11.6 Å². The second kappa shape index (κ2) is 7.46. The maximum absolute atomic E-state index is 12.7. The molecule has 0 unspecified atom stereocenters. The molecule has 3 heterocycles. The van der Waals surface area contributed by atoms with Crippen molar-refractivity contribution in [1.82, 2.24) is 30.5 Å². The van der Waals surface area contributed by atoms with Gasteiger partial charge in [-0.05, 0) is 42.3 Å². The molecule has 0 radical (unpaired) electrons. The highest BCUT2D eigenvalue weighted by Gasteiger charge is 2.22. The fourth-order valence-electron chi connectivity index (χ4n) is 3.88. The van der Waals surface area contributed by atoms with Crippen LogP contribution in [0.3, 0.4) is 0 Å². The average Bonchev–Trinajstić information content (AvgIpc) is 3.40. The number of hydrogen-bond acceptors (Lipinski definition) is 5. The second-order valence-electron chi connectivity index (χ2n) is 7.38. The number of anilines is 1. The van der Waals surface area contributed by atoms with Crippen LogP contribution in [0.4, 0.5) is 5.69 Å². The molecule has 5 rings (SSSR count). The predicted octanol–water partition coefficient (Wildman–Crippen LogP) is 3.07. The van der Waals surface area contributed by atoms with Gasteiger partial charge in [-0.1, -0.05) is 28.9 Å². The molecule has 8 nitrogen and oxygen atoms in total. The molecule has 2 N–H and O–H groups in total. The second-order valence-corrected chi connectivity index (χ2v) is 7.82. The Hall–Kier alpha value is -3.39. The molecular weight excluding hydrogens is 402 g/mol. The summed E-state index contributed by atoms with van der Waals surface area (Å²) < 4.78 is 1.93. The molecule has 0 saturated carbocycles. The van der Waals surface area contributed by atoms with Gasteiger partial charge in [0.15, 0.2) is 5.69 Å². The van der Waals surface area contributed by atoms with Crippen molar-refractivity contribution in [2.45, 2.75) is 26.6 Å². The van der Waals surface area contributed by atoms with Gasteiger partial charge < -0.3 is 10.2 Å². The Kier molecular flexibility index (Phi) is 4.63. The van der Waals surface area contributed by atoms with Gasteiger partial charge in [-0.2, -0.15) is 5.10 Å². The lowest BCUT2D eigenvalue weighted by Gasteiger charge is -2.30. The molecule has 0 atom stereocenters. The van der Waals surface area contributed by atoms with Gasteiger partial charge in [-0.25, -0.2) is 4.68 Å². The molecule has 2 aromatic heterocycles. The SMILES string of the molecule is Cc1c(N2CCn3nncc3C2)ccc2c(C(=O)NCc3ccc(Cl)cc3)n[nH]c12. The molecule has 0 saturated heterocycles. The number of nitrogens with zero attached hydrogens (tertiary/aromatic N) is 5. The molecule has 0 aliphatic carbocycles. The molecule has 1 aliphatic rings. The van der Waals surface area contributed by atoms with Crippen molar-refractivity contribution < 1.29 is 4.79 Å². The molecule has 1 aliphatic heterocycles. The van der Waals surface area contributed by atoms with Crippen LogP contribution in [0.15, 0.2) is 42.6 Å². The van der Waals surface area contributed by atoms with E-state index in [2.05, 4.69) is 43.7 Å². The third-order valence-electron chi connectivity index (χ3n) is 5.53. The highest BCUT2D eigenvalue weighted by molar-refractivity contribution is 6.30. The summed E-state index contributed by atoms with van der Waals surface area (Å²) in [6, 6.07) is 11.4. The predicted molar refractivity (Wildman–Crippen MR) is 115 cm³/mol. The van der Waals surface area contributed by atoms with E-state index in [0.717, 1.165) is 53.0 Å². The zero-order valence-corrected chi connectivity index (χ0v) is 17.1. The van der Waals surface area contributed by atoms with Crippen LogP contribution in [-0.2, 0) is 19.6 Å². The van der Waals surface area contributed by atoms with Crippen molar-refractivity contribution in [3.63, 3.8) is 0 Å². The van der Waals surface area contributed by atoms with Crippen molar-refractivity contribution in [3.05, 3.63) is 70.1 Å². The minimum absolute atomic E-state index is 0.212. The van der Waals surface area contributed by atoms with Crippen LogP contribution in [-0.4, -0.2) is 37.6 Å². The maximum Gasteiger partial charge on any atom is 0.272 e. The lowest BCUT2D eigenvalue weighted by atomic mass is 10.1. The van der Waals surface area contributed by atoms with E-state index in [-0.39, 0.29) is 5.91 Å². The maximum atomic E-state index is 12.7. The molecule has 152 valence electrons. The summed E-state index contributed by atoms with van der Waals surface area (Å²) in [6.45, 7) is 4.87. The van der Waals surface area contributed by atoms with Crippen molar-refractivity contribution in [2.24, 2.45) is 0 Å². The zero-order chi connectivity index (χ0) is 20.7. The van der Waals surface area contributed by atoms with Gasteiger partial charge in [0.25, 0.3) is 5.91 Å². The number of rotatable bonds is 4. The summed E-state index contributed by atoms with van der Waals surface area (Å²) in [7, 11) is 0. The molecule has 4 aromatic rings. The van der Waals surface area contributed by atoms with Crippen molar-refractivity contribution in [1.29, 1.82) is 0 Å². The first-order chi connectivity index (χ1) is 14.6. The number of H-pyrrole nitrogens is 1. The largest absolute Gasteiger partial charge is 0.363 e. The first kappa shape index (κ1) is 18.6. The smallest absolute Gasteiger partial charge is 0.272 e. The van der Waals surface area contributed by atoms with Gasteiger partial charge >= 0.3 is 0 Å². The summed E-state index contributed by atoms with van der Waals surface area (Å²) in [4.78, 5) is 15.0. The molecule has 2 aromatic carbocycles. The van der Waals surface area contributed by atoms with Gasteiger partial charge in [-0.15, -0.1) is 5.10 Å². The zero-order valence-electron chi connectivity index (χ0n) is 16.4. The number of carbonyl (C=O) groups excluding carboxylic acids is 1. The number of nitrogens with one attached hydrogen (secondary N) is 2. The van der Waals surface area contributed by atoms with Crippen molar-refractivity contribution in [3.8, 4) is 0 Å². The molecule has 30 heavy (non-hydrogen) atoms. The van der Waals surface area contributed by atoms with Crippen LogP contribution in [0.2, 0.25) is 5.02 Å². The number of hydrogen-bond donors (Lipinski definition) is 2. The third-order valence-corrected chi connectivity index (χ3v) is 5.78. The van der Waals surface area contributed by atoms with Gasteiger partial charge in [0.2, 0.25) is 0 Å². The Morgan fingerprint density at radius 3 is 2.87 bits per heavy atom. The molecule has 0 bridgehead atoms. The average molecular weight is 422 g/mol. The van der Waals surface area contributed by atoms with Crippen LogP contribution in [0.5, 0.6) is 0 Å². The number of halogens is 1. The van der Waals surface area contributed by atoms with Crippen LogP contribution in [0, 0.1) is 6.92 Å². The number of aryl methyl sites for hydroxylation is 1. The molecule has 9 heteroatoms. The number of amides is 1. The fraction of sp³-hybridized carbons (Fsp3) is 0.238. The number of fused-ring (bicyclic) bond motifs is 2. The Morgan fingerprint density at radius 2 is 2.03 bits per heavy atom. The van der Waals surface area contributed by atoms with Crippen LogP contribution < -0.4 is 10.2 Å². The topological polar surface area (TPSA) is 91.7 Å². The van der Waals surface area contributed by atoms with Gasteiger partial charge in [0, 0.05) is 29.2 Å². The van der Waals surface area contributed by atoms with E-state index in [1.54, 1.807) is 6.20 Å². The lowest BCUT2D eigenvalue weighted by Crippen LogP contribution is -2.34. The lowest BCUT2D eigenvalue weighted by molar-refractivity contribution is 0.0947. The minimum Gasteiger partial charge on any atom is -0.363 e. The van der Waals surface area contributed by atoms with Gasteiger partial charge in [0.05, 0.1) is 30.5 Å². The summed E-state index contributed by atoms with van der Waals surface area (Å²) in [6.07, 6.45) is 1.80. The molecule has 0 spiro atoms. The monoisotopic (exact) mass is 421 g/mol. The Morgan fingerprint density at radius 1 is 1.20 bits per heavy atom. The first-order valence-corrected chi connectivity index (χ1v) is 10.1. The summed E-state index contributed by atoms with van der Waals surface area (Å²) in [5.74, 6) is -0.212. The molecule has 1 amide bonds. The standard InChI is InChI=1S/C21H20ClN7O/c1-13-18(28-8-9-29-16(12-28)11-24-27-29)7-6-17-19(13)25-26-20(17)21(30)23-10-14-2-4-15(22)5-3-14/h2-7,11H,8-10,12H2,1H3,(H,23,30)(H,25,26). The third kappa shape index (κ3) is 3.29. The van der Waals surface area contributed by atoms with E-state index in [9.17, 15) is 4.79 Å². The van der Waals surface area contributed by atoms with Crippen molar-refractivity contribution in [2.75, 3.05) is 11.4 Å². The fourth-order valence-corrected chi connectivity index (χ4v) is 4.01. The number of aromatic amines is 1. The highest BCUT2D eigenvalue weighted by Crippen LogP contribution is 2.30. The Labute approximate surface area is 177 Å². The molecular formula is C21H20ClN7O. The number of benzene rings is 2. The van der Waals surface area contributed by atoms with Crippen molar-refractivity contribution >= 4 is 34.1 Å². The van der Waals surface area contributed by atoms with E-state index < -0.39 is 0 Å². The Balaban J connectivity index is 1.37. The molecule has 0 fully saturated rings. The summed E-state index contributed by atoms with van der Waals surface area (Å²) in [5, 5.41) is 19.8. The van der Waals surface area contributed by atoms with E-state index in [1.165, 1.54) is 0 Å². The summed E-state index contributed by atoms with van der Waals surface area (Å²) in [5.41, 5.74) is 5.53. The highest BCUT2D eigenvalue weighted by atomic mass is 35.5. The number of carbonyl (C=O) groups is 1. The summed E-state index contributed by atoms with van der Waals surface area (Å²) >= 11 is 5.91. The van der Waals surface area contributed by atoms with Crippen LogP contribution in [0.25, 0.3) is 10.9 Å². The Bertz CT molecular complexity index is 1230. The minimum atomic E-state index is -0.212. The number of aromatic nitrogens is 5. The van der Waals surface area contributed by atoms with Gasteiger partial charge in [-0.3, -0.25) is 9.89 Å². The normalized spacial score (nSPS) is 13.5. The van der Waals surface area contributed by atoms with Crippen LogP contribution >= 0.6 is 11.6 Å². The van der Waals surface area contributed by atoms with E-state index in [0.29, 0.717) is 17.3 Å². The first-order valence-electron chi connectivity index (χ1n) is 9.73. The van der Waals surface area contributed by atoms with E-state index in [1.807, 2.05) is 35.0 Å². The van der Waals surface area contributed by atoms with E-state index >= 15 is 0 Å². The quantitative estimate of drug-likeness (QED) is 0.528. The van der Waals surface area contributed by atoms with Crippen LogP contribution in [0.1, 0.15) is 27.3 Å².